The third kappa shape index (κ3) is 3.39. The Bertz CT molecular complexity index is 596. The molecule has 98 valence electrons. The highest BCUT2D eigenvalue weighted by molar-refractivity contribution is 6.33. The van der Waals surface area contributed by atoms with Crippen molar-refractivity contribution in [3.8, 4) is 16.9 Å². The van der Waals surface area contributed by atoms with E-state index in [1.165, 1.54) is 0 Å². The summed E-state index contributed by atoms with van der Waals surface area (Å²) in [4.78, 5) is 10.4. The third-order valence-corrected chi connectivity index (χ3v) is 2.89. The molecule has 0 bridgehead atoms. The van der Waals surface area contributed by atoms with Crippen LogP contribution in [0.3, 0.4) is 0 Å². The lowest BCUT2D eigenvalue weighted by Gasteiger charge is -2.06. The highest BCUT2D eigenvalue weighted by Gasteiger charge is 2.03. The quantitative estimate of drug-likeness (QED) is 0.843. The molecule has 0 amide bonds. The first kappa shape index (κ1) is 13.2. The molecule has 0 heterocycles. The molecular weight excluding hydrogens is 266 g/mol. The predicted octanol–water partition coefficient (Wildman–Crippen LogP) is 3.05. The maximum atomic E-state index is 10.4. The van der Waals surface area contributed by atoms with E-state index in [1.807, 2.05) is 18.2 Å². The van der Waals surface area contributed by atoms with Crippen LogP contribution in [-0.2, 0) is 4.79 Å². The molecular formula is C14H12ClNO3. The second kappa shape index (κ2) is 5.63. The lowest BCUT2D eigenvalue weighted by molar-refractivity contribution is -0.139. The fourth-order valence-corrected chi connectivity index (χ4v) is 1.73. The van der Waals surface area contributed by atoms with E-state index in [4.69, 9.17) is 27.2 Å². The van der Waals surface area contributed by atoms with E-state index in [2.05, 4.69) is 0 Å². The summed E-state index contributed by atoms with van der Waals surface area (Å²) in [6.07, 6.45) is 0. The maximum Gasteiger partial charge on any atom is 0.341 e. The molecule has 0 fully saturated rings. The Morgan fingerprint density at radius 1 is 1.16 bits per heavy atom. The molecule has 0 unspecified atom stereocenters. The molecule has 4 nitrogen and oxygen atoms in total. The fourth-order valence-electron chi connectivity index (χ4n) is 1.61. The second-order valence-electron chi connectivity index (χ2n) is 3.94. The van der Waals surface area contributed by atoms with Crippen LogP contribution in [0.15, 0.2) is 42.5 Å². The van der Waals surface area contributed by atoms with Gasteiger partial charge in [-0.3, -0.25) is 0 Å². The van der Waals surface area contributed by atoms with Gasteiger partial charge in [-0.1, -0.05) is 29.8 Å². The van der Waals surface area contributed by atoms with Crippen molar-refractivity contribution in [1.82, 2.24) is 0 Å². The monoisotopic (exact) mass is 277 g/mol. The number of hydrogen-bond donors (Lipinski definition) is 2. The average molecular weight is 278 g/mol. The minimum Gasteiger partial charge on any atom is -0.482 e. The third-order valence-electron chi connectivity index (χ3n) is 2.55. The number of carboxylic acid groups (broad SMARTS) is 1. The number of benzene rings is 2. The molecule has 0 atom stereocenters. The number of aliphatic carboxylic acids is 1. The first-order chi connectivity index (χ1) is 9.06. The minimum atomic E-state index is -1.01. The fraction of sp³-hybridized carbons (Fsp3) is 0.0714. The van der Waals surface area contributed by atoms with Crippen molar-refractivity contribution in [2.45, 2.75) is 0 Å². The van der Waals surface area contributed by atoms with Crippen molar-refractivity contribution in [1.29, 1.82) is 0 Å². The van der Waals surface area contributed by atoms with Gasteiger partial charge in [0.1, 0.15) is 5.75 Å². The Morgan fingerprint density at radius 2 is 1.79 bits per heavy atom. The van der Waals surface area contributed by atoms with E-state index in [9.17, 15) is 4.79 Å². The Morgan fingerprint density at radius 3 is 2.37 bits per heavy atom. The Balaban J connectivity index is 2.17. The van der Waals surface area contributed by atoms with Crippen LogP contribution in [0.1, 0.15) is 0 Å². The zero-order valence-corrected chi connectivity index (χ0v) is 10.7. The van der Waals surface area contributed by atoms with E-state index in [0.717, 1.165) is 11.1 Å². The van der Waals surface area contributed by atoms with Crippen molar-refractivity contribution < 1.29 is 14.6 Å². The molecule has 2 aromatic rings. The molecule has 5 heteroatoms. The summed E-state index contributed by atoms with van der Waals surface area (Å²) in [7, 11) is 0. The van der Waals surface area contributed by atoms with E-state index < -0.39 is 5.97 Å². The zero-order chi connectivity index (χ0) is 13.8. The van der Waals surface area contributed by atoms with Crippen LogP contribution >= 0.6 is 11.6 Å². The van der Waals surface area contributed by atoms with Gasteiger partial charge in [0.15, 0.2) is 6.61 Å². The summed E-state index contributed by atoms with van der Waals surface area (Å²) in [6, 6.07) is 12.5. The summed E-state index contributed by atoms with van der Waals surface area (Å²) in [5, 5.41) is 9.03. The van der Waals surface area contributed by atoms with Gasteiger partial charge in [-0.25, -0.2) is 4.79 Å². The van der Waals surface area contributed by atoms with E-state index >= 15 is 0 Å². The van der Waals surface area contributed by atoms with Crippen molar-refractivity contribution >= 4 is 23.3 Å². The molecule has 0 aliphatic heterocycles. The van der Waals surface area contributed by atoms with Gasteiger partial charge in [0.25, 0.3) is 0 Å². The highest BCUT2D eigenvalue weighted by Crippen LogP contribution is 2.27. The van der Waals surface area contributed by atoms with Crippen molar-refractivity contribution in [3.63, 3.8) is 0 Å². The topological polar surface area (TPSA) is 72.5 Å². The lowest BCUT2D eigenvalue weighted by Crippen LogP contribution is -2.09. The molecule has 2 rings (SSSR count). The second-order valence-corrected chi connectivity index (χ2v) is 4.35. The number of halogens is 1. The number of anilines is 1. The molecule has 0 aliphatic carbocycles. The largest absolute Gasteiger partial charge is 0.482 e. The van der Waals surface area contributed by atoms with Crippen LogP contribution in [0.25, 0.3) is 11.1 Å². The van der Waals surface area contributed by atoms with Gasteiger partial charge in [0.05, 0.1) is 10.7 Å². The summed E-state index contributed by atoms with van der Waals surface area (Å²) in [5.74, 6) is -0.498. The smallest absolute Gasteiger partial charge is 0.341 e. The van der Waals surface area contributed by atoms with Crippen LogP contribution in [0.2, 0.25) is 5.02 Å². The van der Waals surface area contributed by atoms with Crippen LogP contribution in [0, 0.1) is 0 Å². The van der Waals surface area contributed by atoms with Gasteiger partial charge >= 0.3 is 5.97 Å². The molecule has 0 aromatic heterocycles. The van der Waals surface area contributed by atoms with E-state index in [0.29, 0.717) is 16.5 Å². The molecule has 0 spiro atoms. The van der Waals surface area contributed by atoms with Crippen molar-refractivity contribution in [2.75, 3.05) is 12.3 Å². The zero-order valence-electron chi connectivity index (χ0n) is 9.97. The maximum absolute atomic E-state index is 10.4. The molecule has 2 aromatic carbocycles. The van der Waals surface area contributed by atoms with Gasteiger partial charge < -0.3 is 15.6 Å². The number of hydrogen-bond acceptors (Lipinski definition) is 3. The minimum absolute atomic E-state index is 0.354. The van der Waals surface area contributed by atoms with Crippen molar-refractivity contribution in [3.05, 3.63) is 47.5 Å². The van der Waals surface area contributed by atoms with E-state index in [-0.39, 0.29) is 6.61 Å². The van der Waals surface area contributed by atoms with Crippen LogP contribution < -0.4 is 10.5 Å². The van der Waals surface area contributed by atoms with Gasteiger partial charge in [0.2, 0.25) is 0 Å². The number of carbonyl (C=O) groups is 1. The summed E-state index contributed by atoms with van der Waals surface area (Å²) in [5.41, 5.74) is 8.15. The molecule has 0 radical (unpaired) electrons. The normalized spacial score (nSPS) is 10.2. The Hall–Kier alpha value is -2.20. The molecule has 0 aliphatic rings. The van der Waals surface area contributed by atoms with Crippen LogP contribution in [0.4, 0.5) is 5.69 Å². The number of carboxylic acids is 1. The summed E-state index contributed by atoms with van der Waals surface area (Å²) < 4.78 is 5.06. The molecule has 0 saturated carbocycles. The van der Waals surface area contributed by atoms with Gasteiger partial charge in [-0.15, -0.1) is 0 Å². The first-order valence-electron chi connectivity index (χ1n) is 5.56. The molecule has 0 saturated heterocycles. The summed E-state index contributed by atoms with van der Waals surface area (Å²) >= 11 is 5.86. The van der Waals surface area contributed by atoms with Crippen LogP contribution in [0.5, 0.6) is 5.75 Å². The Kier molecular flexibility index (Phi) is 3.92. The first-order valence-corrected chi connectivity index (χ1v) is 5.94. The van der Waals surface area contributed by atoms with Gasteiger partial charge in [0, 0.05) is 0 Å². The predicted molar refractivity (Wildman–Crippen MR) is 74.4 cm³/mol. The molecule has 19 heavy (non-hydrogen) atoms. The number of nitrogens with two attached hydrogens (primary N) is 1. The summed E-state index contributed by atoms with van der Waals surface area (Å²) in [6.45, 7) is -0.354. The standard InChI is InChI=1S/C14H12ClNO3/c15-12-6-3-10(7-13(12)16)9-1-4-11(5-2-9)19-8-14(17)18/h1-7H,8,16H2,(H,17,18). The number of nitrogen functional groups attached to an aromatic ring is 1. The number of ether oxygens (including phenoxy) is 1. The molecule has 3 N–H and O–H groups in total. The highest BCUT2D eigenvalue weighted by atomic mass is 35.5. The lowest BCUT2D eigenvalue weighted by atomic mass is 10.1. The Labute approximate surface area is 115 Å². The van der Waals surface area contributed by atoms with E-state index in [1.54, 1.807) is 24.3 Å². The van der Waals surface area contributed by atoms with Gasteiger partial charge in [-0.2, -0.15) is 0 Å². The SMILES string of the molecule is Nc1cc(-c2ccc(OCC(=O)O)cc2)ccc1Cl. The van der Waals surface area contributed by atoms with Crippen molar-refractivity contribution in [2.24, 2.45) is 0 Å². The number of rotatable bonds is 4. The average Bonchev–Trinajstić information content (AvgIpc) is 2.40. The van der Waals surface area contributed by atoms with Gasteiger partial charge in [-0.05, 0) is 35.4 Å². The van der Waals surface area contributed by atoms with Crippen LogP contribution in [-0.4, -0.2) is 17.7 Å².